The van der Waals surface area contributed by atoms with Crippen molar-refractivity contribution in [1.29, 1.82) is 5.26 Å². The fraction of sp³-hybridized carbons (Fsp3) is 0.136. The van der Waals surface area contributed by atoms with Crippen molar-refractivity contribution in [2.75, 3.05) is 4.90 Å². The van der Waals surface area contributed by atoms with Gasteiger partial charge >= 0.3 is 0 Å². The molecule has 0 radical (unpaired) electrons. The van der Waals surface area contributed by atoms with Crippen LogP contribution in [0.2, 0.25) is 0 Å². The topological polar surface area (TPSA) is 32.0 Å². The predicted octanol–water partition coefficient (Wildman–Crippen LogP) is 5.52. The van der Waals surface area contributed by atoms with E-state index >= 15 is 0 Å². The molecule has 1 aromatic heterocycles. The van der Waals surface area contributed by atoms with Crippen molar-refractivity contribution in [1.82, 2.24) is 4.57 Å². The summed E-state index contributed by atoms with van der Waals surface area (Å²) in [6, 6.07) is 23.6. The highest BCUT2D eigenvalue weighted by molar-refractivity contribution is 6.15. The Kier molecular flexibility index (Phi) is 2.75. The third-order valence-corrected chi connectivity index (χ3v) is 5.05. The molecule has 3 aromatic carbocycles. The maximum absolute atomic E-state index is 9.39. The number of benzene rings is 3. The lowest BCUT2D eigenvalue weighted by atomic mass is 10.1. The maximum atomic E-state index is 9.39. The van der Waals surface area contributed by atoms with Crippen molar-refractivity contribution in [2.45, 2.75) is 19.9 Å². The Bertz CT molecular complexity index is 1190. The number of aromatic nitrogens is 1. The Morgan fingerprint density at radius 1 is 0.840 bits per heavy atom. The number of rotatable bonds is 1. The molecule has 0 amide bonds. The zero-order chi connectivity index (χ0) is 17.1. The van der Waals surface area contributed by atoms with Gasteiger partial charge in [0.2, 0.25) is 0 Å². The molecule has 120 valence electrons. The number of hydrogen-bond donors (Lipinski definition) is 0. The molecular formula is C22H17N3. The van der Waals surface area contributed by atoms with E-state index < -0.39 is 0 Å². The van der Waals surface area contributed by atoms with E-state index in [0.717, 1.165) is 11.4 Å². The molecular weight excluding hydrogens is 306 g/mol. The number of nitriles is 1. The highest BCUT2D eigenvalue weighted by Crippen LogP contribution is 2.47. The highest BCUT2D eigenvalue weighted by Gasteiger charge is 2.28. The second kappa shape index (κ2) is 4.87. The van der Waals surface area contributed by atoms with Gasteiger partial charge in [-0.05, 0) is 44.2 Å². The first-order valence-electron chi connectivity index (χ1n) is 8.56. The van der Waals surface area contributed by atoms with Gasteiger partial charge in [-0.2, -0.15) is 5.26 Å². The first kappa shape index (κ1) is 14.1. The molecule has 0 fully saturated rings. The summed E-state index contributed by atoms with van der Waals surface area (Å²) in [4.78, 5) is 2.37. The monoisotopic (exact) mass is 323 g/mol. The SMILES string of the molecule is CC(C)N1c2ccc(C#N)cc2-n2c3ccccc3c3cccc1c32. The van der Waals surface area contributed by atoms with Crippen LogP contribution >= 0.6 is 0 Å². The van der Waals surface area contributed by atoms with Crippen molar-refractivity contribution >= 4 is 33.2 Å². The van der Waals surface area contributed by atoms with Gasteiger partial charge in [-0.15, -0.1) is 0 Å². The van der Waals surface area contributed by atoms with Crippen LogP contribution in [0, 0.1) is 11.3 Å². The summed E-state index contributed by atoms with van der Waals surface area (Å²) in [5.74, 6) is 0. The van der Waals surface area contributed by atoms with Gasteiger partial charge in [0.1, 0.15) is 0 Å². The summed E-state index contributed by atoms with van der Waals surface area (Å²) in [7, 11) is 0. The van der Waals surface area contributed by atoms with E-state index in [9.17, 15) is 5.26 Å². The van der Waals surface area contributed by atoms with Crippen LogP contribution in [0.25, 0.3) is 27.5 Å². The summed E-state index contributed by atoms with van der Waals surface area (Å²) in [5.41, 5.74) is 6.55. The minimum Gasteiger partial charge on any atom is -0.335 e. The molecule has 0 bridgehead atoms. The Balaban J connectivity index is 2.05. The molecule has 0 saturated carbocycles. The standard InChI is InChI=1S/C22H17N3/c1-14(2)24-19-11-10-15(13-23)12-21(19)25-18-8-4-3-6-16(18)17-7-5-9-20(24)22(17)25/h3-12,14H,1-2H3. The lowest BCUT2D eigenvalue weighted by molar-refractivity contribution is 0.781. The number of nitrogens with zero attached hydrogens (tertiary/aromatic N) is 3. The second-order valence-corrected chi connectivity index (χ2v) is 6.80. The Hall–Kier alpha value is -3.25. The number of para-hydroxylation sites is 2. The van der Waals surface area contributed by atoms with E-state index in [2.05, 4.69) is 77.9 Å². The van der Waals surface area contributed by atoms with E-state index in [1.165, 1.54) is 27.5 Å². The first-order chi connectivity index (χ1) is 12.2. The smallest absolute Gasteiger partial charge is 0.0992 e. The van der Waals surface area contributed by atoms with Gasteiger partial charge in [0, 0.05) is 16.8 Å². The summed E-state index contributed by atoms with van der Waals surface area (Å²) >= 11 is 0. The fourth-order valence-corrected chi connectivity index (χ4v) is 4.11. The van der Waals surface area contributed by atoms with Crippen molar-refractivity contribution in [3.05, 3.63) is 66.2 Å². The number of hydrogen-bond acceptors (Lipinski definition) is 2. The molecule has 3 heteroatoms. The van der Waals surface area contributed by atoms with Crippen molar-refractivity contribution in [3.63, 3.8) is 0 Å². The maximum Gasteiger partial charge on any atom is 0.0992 e. The average Bonchev–Trinajstić information content (AvgIpc) is 2.98. The molecule has 1 aliphatic rings. The van der Waals surface area contributed by atoms with Crippen LogP contribution < -0.4 is 4.90 Å². The van der Waals surface area contributed by atoms with E-state index in [-0.39, 0.29) is 0 Å². The quantitative estimate of drug-likeness (QED) is 0.462. The summed E-state index contributed by atoms with van der Waals surface area (Å²) in [5, 5.41) is 11.9. The van der Waals surface area contributed by atoms with Gasteiger partial charge in [0.05, 0.1) is 39.7 Å². The lowest BCUT2D eigenvalue weighted by Gasteiger charge is -2.36. The number of anilines is 2. The molecule has 0 aliphatic carbocycles. The molecule has 25 heavy (non-hydrogen) atoms. The second-order valence-electron chi connectivity index (χ2n) is 6.80. The van der Waals surface area contributed by atoms with Crippen molar-refractivity contribution in [2.24, 2.45) is 0 Å². The zero-order valence-corrected chi connectivity index (χ0v) is 14.2. The Labute approximate surface area is 146 Å². The fourth-order valence-electron chi connectivity index (χ4n) is 4.11. The van der Waals surface area contributed by atoms with Crippen molar-refractivity contribution in [3.8, 4) is 11.8 Å². The summed E-state index contributed by atoms with van der Waals surface area (Å²) < 4.78 is 2.31. The van der Waals surface area contributed by atoms with Crippen LogP contribution in [0.4, 0.5) is 11.4 Å². The molecule has 0 atom stereocenters. The van der Waals surface area contributed by atoms with Crippen LogP contribution in [-0.2, 0) is 0 Å². The molecule has 2 heterocycles. The van der Waals surface area contributed by atoms with Gasteiger partial charge in [-0.3, -0.25) is 0 Å². The molecule has 0 spiro atoms. The summed E-state index contributed by atoms with van der Waals surface area (Å²) in [6.07, 6.45) is 0. The minimum absolute atomic E-state index is 0.323. The van der Waals surface area contributed by atoms with Crippen molar-refractivity contribution < 1.29 is 0 Å². The normalized spacial score (nSPS) is 12.6. The van der Waals surface area contributed by atoms with E-state index in [1.54, 1.807) is 0 Å². The van der Waals surface area contributed by atoms with E-state index in [0.29, 0.717) is 11.6 Å². The van der Waals surface area contributed by atoms with Gasteiger partial charge in [-0.1, -0.05) is 30.3 Å². The Morgan fingerprint density at radius 3 is 2.44 bits per heavy atom. The van der Waals surface area contributed by atoms with Crippen LogP contribution in [0.3, 0.4) is 0 Å². The average molecular weight is 323 g/mol. The highest BCUT2D eigenvalue weighted by atomic mass is 15.2. The van der Waals surface area contributed by atoms with Crippen LogP contribution in [-0.4, -0.2) is 10.6 Å². The van der Waals surface area contributed by atoms with Crippen LogP contribution in [0.15, 0.2) is 60.7 Å². The van der Waals surface area contributed by atoms with Crippen LogP contribution in [0.1, 0.15) is 19.4 Å². The molecule has 5 rings (SSSR count). The largest absolute Gasteiger partial charge is 0.335 e. The number of fused-ring (bicyclic) bond motifs is 5. The molecule has 0 unspecified atom stereocenters. The minimum atomic E-state index is 0.323. The van der Waals surface area contributed by atoms with E-state index in [1.807, 2.05) is 12.1 Å². The zero-order valence-electron chi connectivity index (χ0n) is 14.2. The van der Waals surface area contributed by atoms with Gasteiger partial charge < -0.3 is 9.47 Å². The third-order valence-electron chi connectivity index (χ3n) is 5.05. The third kappa shape index (κ3) is 1.74. The Morgan fingerprint density at radius 2 is 1.64 bits per heavy atom. The first-order valence-corrected chi connectivity index (χ1v) is 8.56. The van der Waals surface area contributed by atoms with E-state index in [4.69, 9.17) is 0 Å². The predicted molar refractivity (Wildman–Crippen MR) is 103 cm³/mol. The molecule has 0 N–H and O–H groups in total. The molecule has 4 aromatic rings. The summed E-state index contributed by atoms with van der Waals surface area (Å²) in [6.45, 7) is 4.41. The molecule has 3 nitrogen and oxygen atoms in total. The van der Waals surface area contributed by atoms with Crippen LogP contribution in [0.5, 0.6) is 0 Å². The lowest BCUT2D eigenvalue weighted by Crippen LogP contribution is -2.29. The molecule has 1 aliphatic heterocycles. The van der Waals surface area contributed by atoms with Gasteiger partial charge in [0.15, 0.2) is 0 Å². The van der Waals surface area contributed by atoms with Gasteiger partial charge in [-0.25, -0.2) is 0 Å². The van der Waals surface area contributed by atoms with Gasteiger partial charge in [0.25, 0.3) is 0 Å². The molecule has 0 saturated heterocycles.